The van der Waals surface area contributed by atoms with Crippen molar-refractivity contribution >= 4 is 35.1 Å². The van der Waals surface area contributed by atoms with Crippen LogP contribution in [0, 0.1) is 3.95 Å². The number of nitrogens with one attached hydrogen (secondary N) is 1. The first-order valence-corrected chi connectivity index (χ1v) is 6.00. The van der Waals surface area contributed by atoms with Gasteiger partial charge in [-0.2, -0.15) is 0 Å². The summed E-state index contributed by atoms with van der Waals surface area (Å²) in [5, 5.41) is 4.68. The number of amides is 1. The Morgan fingerprint density at radius 2 is 2.31 bits per heavy atom. The summed E-state index contributed by atoms with van der Waals surface area (Å²) in [6.45, 7) is 1.49. The summed E-state index contributed by atoms with van der Waals surface area (Å²) in [6, 6.07) is 7.58. The normalized spacial score (nSPS) is 10.1. The fourth-order valence-electron chi connectivity index (χ4n) is 1.40. The zero-order chi connectivity index (χ0) is 11.5. The third kappa shape index (κ3) is 2.37. The topological polar surface area (TPSA) is 34.0 Å². The summed E-state index contributed by atoms with van der Waals surface area (Å²) >= 11 is 6.70. The molecule has 1 amide bonds. The molecule has 0 radical (unpaired) electrons. The van der Waals surface area contributed by atoms with E-state index in [-0.39, 0.29) is 5.91 Å². The summed E-state index contributed by atoms with van der Waals surface area (Å²) in [4.78, 5) is 10.9. The molecule has 0 aliphatic rings. The number of benzene rings is 1. The van der Waals surface area contributed by atoms with Crippen LogP contribution in [-0.4, -0.2) is 10.5 Å². The second-order valence-electron chi connectivity index (χ2n) is 3.27. The highest BCUT2D eigenvalue weighted by Crippen LogP contribution is 2.17. The molecule has 82 valence electrons. The Hall–Kier alpha value is -1.46. The van der Waals surface area contributed by atoms with Gasteiger partial charge in [0.2, 0.25) is 5.91 Å². The Balaban J connectivity index is 2.40. The molecule has 0 aliphatic heterocycles. The van der Waals surface area contributed by atoms with E-state index < -0.39 is 0 Å². The van der Waals surface area contributed by atoms with Crippen LogP contribution in [0.2, 0.25) is 0 Å². The monoisotopic (exact) mass is 250 g/mol. The SMILES string of the molecule is CC(=O)Nc1cccc(-n2ccsc2=S)c1. The maximum Gasteiger partial charge on any atom is 0.221 e. The van der Waals surface area contributed by atoms with Crippen LogP contribution in [0.15, 0.2) is 35.8 Å². The molecule has 1 aromatic heterocycles. The number of rotatable bonds is 2. The van der Waals surface area contributed by atoms with Gasteiger partial charge in [-0.1, -0.05) is 6.07 Å². The fraction of sp³-hybridized carbons (Fsp3) is 0.0909. The van der Waals surface area contributed by atoms with Crippen molar-refractivity contribution in [3.8, 4) is 5.69 Å². The highest BCUT2D eigenvalue weighted by Gasteiger charge is 2.00. The van der Waals surface area contributed by atoms with Gasteiger partial charge in [-0.05, 0) is 30.4 Å². The third-order valence-corrected chi connectivity index (χ3v) is 3.16. The number of anilines is 1. The van der Waals surface area contributed by atoms with Crippen molar-refractivity contribution < 1.29 is 4.79 Å². The van der Waals surface area contributed by atoms with Crippen LogP contribution in [-0.2, 0) is 4.79 Å². The van der Waals surface area contributed by atoms with Gasteiger partial charge in [-0.3, -0.25) is 9.36 Å². The van der Waals surface area contributed by atoms with Gasteiger partial charge < -0.3 is 5.32 Å². The van der Waals surface area contributed by atoms with Gasteiger partial charge >= 0.3 is 0 Å². The van der Waals surface area contributed by atoms with Gasteiger partial charge in [-0.25, -0.2) is 0 Å². The molecule has 2 rings (SSSR count). The van der Waals surface area contributed by atoms with Crippen molar-refractivity contribution in [1.29, 1.82) is 0 Å². The summed E-state index contributed by atoms with van der Waals surface area (Å²) in [5.41, 5.74) is 1.73. The predicted molar refractivity (Wildman–Crippen MR) is 68.8 cm³/mol. The lowest BCUT2D eigenvalue weighted by Gasteiger charge is -2.06. The van der Waals surface area contributed by atoms with Gasteiger partial charge in [0.15, 0.2) is 3.95 Å². The van der Waals surface area contributed by atoms with Crippen LogP contribution in [0.1, 0.15) is 6.92 Å². The average Bonchev–Trinajstić information content (AvgIpc) is 2.64. The minimum atomic E-state index is -0.0777. The lowest BCUT2D eigenvalue weighted by molar-refractivity contribution is -0.114. The minimum Gasteiger partial charge on any atom is -0.326 e. The zero-order valence-corrected chi connectivity index (χ0v) is 10.3. The second-order valence-corrected chi connectivity index (χ2v) is 4.81. The van der Waals surface area contributed by atoms with Gasteiger partial charge in [-0.15, -0.1) is 11.3 Å². The van der Waals surface area contributed by atoms with Crippen LogP contribution >= 0.6 is 23.6 Å². The maximum atomic E-state index is 10.9. The van der Waals surface area contributed by atoms with Crippen molar-refractivity contribution in [3.05, 3.63) is 39.8 Å². The summed E-state index contributed by atoms with van der Waals surface area (Å²) < 4.78 is 2.70. The number of carbonyl (C=O) groups excluding carboxylic acids is 1. The number of hydrogen-bond acceptors (Lipinski definition) is 3. The molecular formula is C11H10N2OS2. The molecule has 0 saturated carbocycles. The molecule has 0 atom stereocenters. The van der Waals surface area contributed by atoms with Gasteiger partial charge in [0.25, 0.3) is 0 Å². The van der Waals surface area contributed by atoms with E-state index in [4.69, 9.17) is 12.2 Å². The average molecular weight is 250 g/mol. The van der Waals surface area contributed by atoms with E-state index in [9.17, 15) is 4.79 Å². The van der Waals surface area contributed by atoms with Crippen LogP contribution in [0.4, 0.5) is 5.69 Å². The predicted octanol–water partition coefficient (Wildman–Crippen LogP) is 3.23. The number of aromatic nitrogens is 1. The molecule has 0 fully saturated rings. The number of carbonyl (C=O) groups is 1. The molecule has 2 aromatic rings. The molecule has 3 nitrogen and oxygen atoms in total. The summed E-state index contributed by atoms with van der Waals surface area (Å²) in [6.07, 6.45) is 1.92. The number of nitrogens with zero attached hydrogens (tertiary/aromatic N) is 1. The Morgan fingerprint density at radius 3 is 2.94 bits per heavy atom. The van der Waals surface area contributed by atoms with E-state index in [1.165, 1.54) is 18.3 Å². The Labute approximate surface area is 102 Å². The minimum absolute atomic E-state index is 0.0777. The smallest absolute Gasteiger partial charge is 0.221 e. The van der Waals surface area contributed by atoms with Crippen LogP contribution in [0.3, 0.4) is 0 Å². The van der Waals surface area contributed by atoms with Crippen molar-refractivity contribution in [1.82, 2.24) is 4.57 Å². The Kier molecular flexibility index (Phi) is 3.17. The van der Waals surface area contributed by atoms with E-state index in [1.807, 2.05) is 40.4 Å². The summed E-state index contributed by atoms with van der Waals surface area (Å²) in [5.74, 6) is -0.0777. The van der Waals surface area contributed by atoms with Crippen LogP contribution in [0.5, 0.6) is 0 Å². The zero-order valence-electron chi connectivity index (χ0n) is 8.64. The molecule has 1 aromatic carbocycles. The lowest BCUT2D eigenvalue weighted by atomic mass is 10.2. The standard InChI is InChI=1S/C11H10N2OS2/c1-8(14)12-9-3-2-4-10(7-9)13-5-6-16-11(13)15/h2-7H,1H3,(H,12,14). The van der Waals surface area contributed by atoms with Gasteiger partial charge in [0, 0.05) is 29.9 Å². The molecule has 0 spiro atoms. The molecule has 0 bridgehead atoms. The van der Waals surface area contributed by atoms with E-state index >= 15 is 0 Å². The van der Waals surface area contributed by atoms with Gasteiger partial charge in [0.05, 0.1) is 0 Å². The molecule has 1 N–H and O–H groups in total. The Morgan fingerprint density at radius 1 is 1.50 bits per heavy atom. The van der Waals surface area contributed by atoms with E-state index in [0.29, 0.717) is 0 Å². The van der Waals surface area contributed by atoms with Crippen molar-refractivity contribution in [2.24, 2.45) is 0 Å². The first-order valence-electron chi connectivity index (χ1n) is 4.71. The second kappa shape index (κ2) is 4.59. The van der Waals surface area contributed by atoms with Gasteiger partial charge in [0.1, 0.15) is 0 Å². The molecule has 5 heteroatoms. The number of hydrogen-bond donors (Lipinski definition) is 1. The maximum absolute atomic E-state index is 10.9. The molecule has 1 heterocycles. The largest absolute Gasteiger partial charge is 0.326 e. The molecule has 0 unspecified atom stereocenters. The third-order valence-electron chi connectivity index (χ3n) is 2.02. The Bertz CT molecular complexity index is 571. The molecule has 16 heavy (non-hydrogen) atoms. The first kappa shape index (κ1) is 11.0. The highest BCUT2D eigenvalue weighted by molar-refractivity contribution is 7.73. The lowest BCUT2D eigenvalue weighted by Crippen LogP contribution is -2.06. The van der Waals surface area contributed by atoms with Crippen molar-refractivity contribution in [3.63, 3.8) is 0 Å². The summed E-state index contributed by atoms with van der Waals surface area (Å²) in [7, 11) is 0. The molecular weight excluding hydrogens is 240 g/mol. The van der Waals surface area contributed by atoms with Crippen LogP contribution in [0.25, 0.3) is 5.69 Å². The van der Waals surface area contributed by atoms with E-state index in [1.54, 1.807) is 0 Å². The fourth-order valence-corrected chi connectivity index (χ4v) is 2.31. The van der Waals surface area contributed by atoms with E-state index in [0.717, 1.165) is 15.3 Å². The molecule has 0 aliphatic carbocycles. The number of thiazole rings is 1. The highest BCUT2D eigenvalue weighted by atomic mass is 32.1. The first-order chi connectivity index (χ1) is 7.66. The van der Waals surface area contributed by atoms with Crippen molar-refractivity contribution in [2.45, 2.75) is 6.92 Å². The van der Waals surface area contributed by atoms with Crippen molar-refractivity contribution in [2.75, 3.05) is 5.32 Å². The van der Waals surface area contributed by atoms with Crippen LogP contribution < -0.4 is 5.32 Å². The molecule has 0 saturated heterocycles. The quantitative estimate of drug-likeness (QED) is 0.830. The van der Waals surface area contributed by atoms with E-state index in [2.05, 4.69) is 5.32 Å².